The third kappa shape index (κ3) is 4.83. The Hall–Kier alpha value is -3.01. The monoisotopic (exact) mass is 406 g/mol. The molecule has 2 aromatic rings. The van der Waals surface area contributed by atoms with E-state index in [4.69, 9.17) is 0 Å². The van der Waals surface area contributed by atoms with E-state index in [1.807, 2.05) is 17.5 Å². The summed E-state index contributed by atoms with van der Waals surface area (Å²) in [5.74, 6) is -1.75. The maximum atomic E-state index is 13.4. The van der Waals surface area contributed by atoms with Gasteiger partial charge in [0.05, 0.1) is 17.4 Å². The summed E-state index contributed by atoms with van der Waals surface area (Å²) in [5.41, 5.74) is -0.548. The number of nitro groups is 1. The molecule has 1 aromatic heterocycles. The van der Waals surface area contributed by atoms with Gasteiger partial charge in [0.2, 0.25) is 11.7 Å². The Labute approximate surface area is 164 Å². The highest BCUT2D eigenvalue weighted by molar-refractivity contribution is 7.09. The van der Waals surface area contributed by atoms with Crippen LogP contribution in [0.15, 0.2) is 35.7 Å². The van der Waals surface area contributed by atoms with Gasteiger partial charge in [0.15, 0.2) is 0 Å². The quantitative estimate of drug-likeness (QED) is 0.587. The molecular formula is C18H19FN4O4S. The fourth-order valence-electron chi connectivity index (χ4n) is 3.04. The number of nitrogens with zero attached hydrogens (tertiary/aromatic N) is 2. The number of anilines is 1. The minimum Gasteiger partial charge on any atom is -0.333 e. The van der Waals surface area contributed by atoms with E-state index < -0.39 is 22.3 Å². The van der Waals surface area contributed by atoms with E-state index in [1.165, 1.54) is 6.07 Å². The zero-order valence-corrected chi connectivity index (χ0v) is 15.7. The number of benzene rings is 1. The Morgan fingerprint density at radius 2 is 2.18 bits per heavy atom. The second kappa shape index (κ2) is 8.79. The van der Waals surface area contributed by atoms with Gasteiger partial charge in [0.1, 0.15) is 0 Å². The van der Waals surface area contributed by atoms with Crippen LogP contribution in [0.4, 0.5) is 20.6 Å². The van der Waals surface area contributed by atoms with Gasteiger partial charge in [0.25, 0.3) is 0 Å². The predicted molar refractivity (Wildman–Crippen MR) is 103 cm³/mol. The molecule has 28 heavy (non-hydrogen) atoms. The van der Waals surface area contributed by atoms with Crippen molar-refractivity contribution in [3.8, 4) is 0 Å². The molecule has 1 atom stereocenters. The first-order chi connectivity index (χ1) is 13.4. The lowest BCUT2D eigenvalue weighted by atomic mass is 9.97. The number of thiophene rings is 1. The summed E-state index contributed by atoms with van der Waals surface area (Å²) in [6.45, 7) is 1.25. The molecule has 0 saturated carbocycles. The second-order valence-corrected chi connectivity index (χ2v) is 7.47. The average Bonchev–Trinajstić information content (AvgIpc) is 3.21. The molecule has 3 amide bonds. The largest absolute Gasteiger partial charge is 0.333 e. The van der Waals surface area contributed by atoms with Crippen LogP contribution in [-0.4, -0.2) is 34.9 Å². The fraction of sp³-hybridized carbons (Fsp3) is 0.333. The molecule has 2 heterocycles. The van der Waals surface area contributed by atoms with Crippen molar-refractivity contribution in [2.45, 2.75) is 19.4 Å². The summed E-state index contributed by atoms with van der Waals surface area (Å²) < 4.78 is 13.4. The van der Waals surface area contributed by atoms with E-state index in [-0.39, 0.29) is 24.2 Å². The number of amides is 3. The van der Waals surface area contributed by atoms with Gasteiger partial charge >= 0.3 is 11.7 Å². The van der Waals surface area contributed by atoms with Gasteiger partial charge < -0.3 is 15.5 Å². The summed E-state index contributed by atoms with van der Waals surface area (Å²) in [7, 11) is 0. The van der Waals surface area contributed by atoms with Crippen LogP contribution in [0.25, 0.3) is 0 Å². The Balaban J connectivity index is 1.57. The zero-order valence-electron chi connectivity index (χ0n) is 14.9. The van der Waals surface area contributed by atoms with E-state index in [0.717, 1.165) is 17.0 Å². The highest BCUT2D eigenvalue weighted by Crippen LogP contribution is 2.24. The van der Waals surface area contributed by atoms with E-state index in [0.29, 0.717) is 25.9 Å². The van der Waals surface area contributed by atoms with Crippen LogP contribution in [-0.2, 0) is 11.3 Å². The van der Waals surface area contributed by atoms with Crippen molar-refractivity contribution < 1.29 is 18.9 Å². The third-order valence-electron chi connectivity index (χ3n) is 4.48. The highest BCUT2D eigenvalue weighted by atomic mass is 32.1. The number of nitro benzene ring substituents is 1. The van der Waals surface area contributed by atoms with E-state index >= 15 is 0 Å². The number of hydrogen-bond donors (Lipinski definition) is 2. The number of rotatable bonds is 5. The van der Waals surface area contributed by atoms with Gasteiger partial charge in [0, 0.05) is 29.7 Å². The molecule has 1 fully saturated rings. The van der Waals surface area contributed by atoms with Crippen LogP contribution in [0, 0.1) is 21.8 Å². The Bertz CT molecular complexity index is 874. The molecule has 1 aromatic carbocycles. The number of urea groups is 1. The average molecular weight is 406 g/mol. The third-order valence-corrected chi connectivity index (χ3v) is 5.36. The lowest BCUT2D eigenvalue weighted by molar-refractivity contribution is -0.387. The molecule has 1 saturated heterocycles. The molecule has 0 aliphatic carbocycles. The van der Waals surface area contributed by atoms with Crippen LogP contribution >= 0.6 is 11.3 Å². The maximum absolute atomic E-state index is 13.4. The van der Waals surface area contributed by atoms with Gasteiger partial charge in [-0.2, -0.15) is 4.39 Å². The molecule has 148 valence electrons. The SMILES string of the molecule is O=C(Nc1ccc(F)c([N+](=O)[O-])c1)C1CCCN(C(=O)NCc2cccs2)C1. The number of likely N-dealkylation sites (tertiary alicyclic amines) is 1. The lowest BCUT2D eigenvalue weighted by Crippen LogP contribution is -2.47. The van der Waals surface area contributed by atoms with Crippen LogP contribution in [0.3, 0.4) is 0 Å². The number of hydrogen-bond acceptors (Lipinski definition) is 5. The van der Waals surface area contributed by atoms with Gasteiger partial charge in [-0.15, -0.1) is 11.3 Å². The summed E-state index contributed by atoms with van der Waals surface area (Å²) in [5, 5.41) is 18.2. The molecule has 2 N–H and O–H groups in total. The van der Waals surface area contributed by atoms with Crippen molar-refractivity contribution in [1.29, 1.82) is 0 Å². The van der Waals surface area contributed by atoms with Gasteiger partial charge in [-0.05, 0) is 36.4 Å². The molecular weight excluding hydrogens is 387 g/mol. The van der Waals surface area contributed by atoms with Gasteiger partial charge in [-0.25, -0.2) is 4.79 Å². The number of halogens is 1. The Morgan fingerprint density at radius 1 is 1.36 bits per heavy atom. The zero-order chi connectivity index (χ0) is 20.1. The number of piperidine rings is 1. The molecule has 0 radical (unpaired) electrons. The minimum atomic E-state index is -0.964. The Morgan fingerprint density at radius 3 is 2.89 bits per heavy atom. The predicted octanol–water partition coefficient (Wildman–Crippen LogP) is 3.36. The summed E-state index contributed by atoms with van der Waals surface area (Å²) >= 11 is 1.55. The maximum Gasteiger partial charge on any atom is 0.317 e. The lowest BCUT2D eigenvalue weighted by Gasteiger charge is -2.32. The van der Waals surface area contributed by atoms with Crippen molar-refractivity contribution in [2.75, 3.05) is 18.4 Å². The first kappa shape index (κ1) is 19.7. The van der Waals surface area contributed by atoms with E-state index in [1.54, 1.807) is 16.2 Å². The van der Waals surface area contributed by atoms with Crippen molar-refractivity contribution in [3.63, 3.8) is 0 Å². The fourth-order valence-corrected chi connectivity index (χ4v) is 3.68. The first-order valence-corrected chi connectivity index (χ1v) is 9.62. The van der Waals surface area contributed by atoms with E-state index in [2.05, 4.69) is 10.6 Å². The van der Waals surface area contributed by atoms with E-state index in [9.17, 15) is 24.1 Å². The van der Waals surface area contributed by atoms with Crippen LogP contribution in [0.2, 0.25) is 0 Å². The highest BCUT2D eigenvalue weighted by Gasteiger charge is 2.29. The molecule has 8 nitrogen and oxygen atoms in total. The number of nitrogens with one attached hydrogen (secondary N) is 2. The summed E-state index contributed by atoms with van der Waals surface area (Å²) in [4.78, 5) is 37.5. The topological polar surface area (TPSA) is 105 Å². The van der Waals surface area contributed by atoms with Gasteiger partial charge in [-0.3, -0.25) is 14.9 Å². The number of carbonyl (C=O) groups excluding carboxylic acids is 2. The van der Waals surface area contributed by atoms with Crippen LogP contribution in [0.5, 0.6) is 0 Å². The molecule has 0 bridgehead atoms. The first-order valence-electron chi connectivity index (χ1n) is 8.74. The smallest absolute Gasteiger partial charge is 0.317 e. The Kier molecular flexibility index (Phi) is 6.19. The number of carbonyl (C=O) groups is 2. The van der Waals surface area contributed by atoms with Crippen LogP contribution < -0.4 is 10.6 Å². The molecule has 10 heteroatoms. The summed E-state index contributed by atoms with van der Waals surface area (Å²) in [6, 6.07) is 6.81. The molecule has 3 rings (SSSR count). The van der Waals surface area contributed by atoms with Crippen molar-refractivity contribution in [2.24, 2.45) is 5.92 Å². The summed E-state index contributed by atoms with van der Waals surface area (Å²) in [6.07, 6.45) is 1.28. The van der Waals surface area contributed by atoms with Crippen molar-refractivity contribution in [3.05, 3.63) is 56.5 Å². The minimum absolute atomic E-state index is 0.150. The van der Waals surface area contributed by atoms with Crippen molar-refractivity contribution in [1.82, 2.24) is 10.2 Å². The molecule has 1 unspecified atom stereocenters. The molecule has 1 aliphatic rings. The normalized spacial score (nSPS) is 16.5. The molecule has 1 aliphatic heterocycles. The van der Waals surface area contributed by atoms with Crippen molar-refractivity contribution >= 4 is 34.6 Å². The second-order valence-electron chi connectivity index (χ2n) is 6.44. The molecule has 0 spiro atoms. The van der Waals surface area contributed by atoms with Crippen LogP contribution in [0.1, 0.15) is 17.7 Å². The standard InChI is InChI=1S/C18H19FN4O4S/c19-15-6-5-13(9-16(15)23(26)27)21-17(24)12-3-1-7-22(11-12)18(25)20-10-14-4-2-8-28-14/h2,4-6,8-9,12H,1,3,7,10-11H2,(H,20,25)(H,21,24). The van der Waals surface area contributed by atoms with Gasteiger partial charge in [-0.1, -0.05) is 6.07 Å².